The average molecular weight is 402 g/mol. The van der Waals surface area contributed by atoms with Crippen molar-refractivity contribution in [2.24, 2.45) is 0 Å². The van der Waals surface area contributed by atoms with Crippen LogP contribution < -0.4 is 5.56 Å². The molecule has 0 fully saturated rings. The lowest BCUT2D eigenvalue weighted by atomic mass is 9.87. The minimum Gasteiger partial charge on any atom is -0.267 e. The number of nitro benzene ring substituents is 1. The summed E-state index contributed by atoms with van der Waals surface area (Å²) in [5.74, 6) is 0. The number of nitro groups is 1. The van der Waals surface area contributed by atoms with Gasteiger partial charge in [-0.2, -0.15) is 9.78 Å². The van der Waals surface area contributed by atoms with Gasteiger partial charge in [-0.05, 0) is 45.1 Å². The van der Waals surface area contributed by atoms with Crippen LogP contribution in [0, 0.1) is 10.1 Å². The lowest BCUT2D eigenvalue weighted by Gasteiger charge is -2.19. The third-order valence-electron chi connectivity index (χ3n) is 4.02. The van der Waals surface area contributed by atoms with E-state index in [1.165, 1.54) is 22.9 Å². The highest BCUT2D eigenvalue weighted by molar-refractivity contribution is 9.10. The van der Waals surface area contributed by atoms with E-state index in [9.17, 15) is 14.9 Å². The van der Waals surface area contributed by atoms with Crippen molar-refractivity contribution in [3.8, 4) is 5.69 Å². The molecule has 0 saturated heterocycles. The molecule has 0 bridgehead atoms. The molecule has 25 heavy (non-hydrogen) atoms. The molecule has 128 valence electrons. The standard InChI is InChI=1S/C18H16BrN3O3/c1-18(2,3)11-4-6-12(7-5-11)21-17(23)15-10-13(22(24)25)8-9-14(15)16(19)20-21/h4-10H,1-3H3. The number of hydrogen-bond acceptors (Lipinski definition) is 4. The van der Waals surface area contributed by atoms with Gasteiger partial charge in [-0.3, -0.25) is 14.9 Å². The number of hydrogen-bond donors (Lipinski definition) is 0. The Morgan fingerprint density at radius 2 is 1.72 bits per heavy atom. The Kier molecular flexibility index (Phi) is 4.20. The van der Waals surface area contributed by atoms with E-state index in [1.807, 2.05) is 24.3 Å². The maximum absolute atomic E-state index is 12.8. The molecule has 0 amide bonds. The maximum Gasteiger partial charge on any atom is 0.279 e. The summed E-state index contributed by atoms with van der Waals surface area (Å²) in [5, 5.41) is 16.1. The molecule has 3 aromatic rings. The van der Waals surface area contributed by atoms with E-state index in [4.69, 9.17) is 0 Å². The van der Waals surface area contributed by atoms with Crippen molar-refractivity contribution in [1.29, 1.82) is 0 Å². The number of aromatic nitrogens is 2. The summed E-state index contributed by atoms with van der Waals surface area (Å²) in [6.45, 7) is 6.33. The third kappa shape index (κ3) is 3.19. The molecule has 0 saturated carbocycles. The zero-order chi connectivity index (χ0) is 18.4. The molecule has 0 radical (unpaired) electrons. The predicted octanol–water partition coefficient (Wildman–Crippen LogP) is 4.35. The second-order valence-electron chi connectivity index (χ2n) is 6.79. The third-order valence-corrected chi connectivity index (χ3v) is 4.61. The topological polar surface area (TPSA) is 78.0 Å². The Hall–Kier alpha value is -2.54. The summed E-state index contributed by atoms with van der Waals surface area (Å²) in [7, 11) is 0. The SMILES string of the molecule is CC(C)(C)c1ccc(-n2nc(Br)c3ccc([N+](=O)[O-])cc3c2=O)cc1. The van der Waals surface area contributed by atoms with E-state index in [1.54, 1.807) is 0 Å². The van der Waals surface area contributed by atoms with E-state index < -0.39 is 10.5 Å². The first-order valence-corrected chi connectivity index (χ1v) is 8.46. The van der Waals surface area contributed by atoms with Crippen molar-refractivity contribution in [3.05, 3.63) is 73.1 Å². The molecule has 0 N–H and O–H groups in total. The maximum atomic E-state index is 12.8. The highest BCUT2D eigenvalue weighted by Gasteiger charge is 2.16. The van der Waals surface area contributed by atoms with Gasteiger partial charge < -0.3 is 0 Å². The van der Waals surface area contributed by atoms with Crippen molar-refractivity contribution in [3.63, 3.8) is 0 Å². The number of rotatable bonds is 2. The van der Waals surface area contributed by atoms with E-state index in [-0.39, 0.29) is 16.5 Å². The molecule has 6 nitrogen and oxygen atoms in total. The summed E-state index contributed by atoms with van der Waals surface area (Å²) < 4.78 is 1.71. The van der Waals surface area contributed by atoms with Gasteiger partial charge in [-0.15, -0.1) is 0 Å². The summed E-state index contributed by atoms with van der Waals surface area (Å²) in [6, 6.07) is 11.7. The Labute approximate surface area is 152 Å². The molecule has 0 aliphatic heterocycles. The number of non-ortho nitro benzene ring substituents is 1. The second kappa shape index (κ2) is 6.07. The quantitative estimate of drug-likeness (QED) is 0.472. The van der Waals surface area contributed by atoms with Crippen LogP contribution in [0.1, 0.15) is 26.3 Å². The monoisotopic (exact) mass is 401 g/mol. The fourth-order valence-electron chi connectivity index (χ4n) is 2.58. The average Bonchev–Trinajstić information content (AvgIpc) is 2.57. The molecule has 0 aliphatic carbocycles. The lowest BCUT2D eigenvalue weighted by molar-refractivity contribution is -0.384. The van der Waals surface area contributed by atoms with Crippen molar-refractivity contribution in [2.45, 2.75) is 26.2 Å². The minimum absolute atomic E-state index is 0.00149. The fourth-order valence-corrected chi connectivity index (χ4v) is 3.09. The van der Waals surface area contributed by atoms with Gasteiger partial charge in [0.2, 0.25) is 0 Å². The molecule has 3 rings (SSSR count). The van der Waals surface area contributed by atoms with Crippen LogP contribution in [0.25, 0.3) is 16.5 Å². The fraction of sp³-hybridized carbons (Fsp3) is 0.222. The Morgan fingerprint density at radius 1 is 1.08 bits per heavy atom. The summed E-state index contributed by atoms with van der Waals surface area (Å²) >= 11 is 3.35. The molecule has 0 aliphatic rings. The lowest BCUT2D eigenvalue weighted by Crippen LogP contribution is -2.22. The highest BCUT2D eigenvalue weighted by atomic mass is 79.9. The van der Waals surface area contributed by atoms with Crippen LogP contribution in [0.2, 0.25) is 0 Å². The number of halogens is 1. The van der Waals surface area contributed by atoms with Crippen LogP contribution in [0.5, 0.6) is 0 Å². The van der Waals surface area contributed by atoms with Gasteiger partial charge in [0, 0.05) is 17.5 Å². The van der Waals surface area contributed by atoms with Crippen molar-refractivity contribution in [1.82, 2.24) is 9.78 Å². The summed E-state index contributed by atoms with van der Waals surface area (Å²) in [4.78, 5) is 23.3. The first kappa shape index (κ1) is 17.3. The molecule has 2 aromatic carbocycles. The largest absolute Gasteiger partial charge is 0.279 e. The summed E-state index contributed by atoms with van der Waals surface area (Å²) in [5.41, 5.74) is 1.22. The van der Waals surface area contributed by atoms with Crippen LogP contribution in [0.4, 0.5) is 5.69 Å². The molecular formula is C18H16BrN3O3. The summed E-state index contributed by atoms with van der Waals surface area (Å²) in [6.07, 6.45) is 0. The molecule has 1 heterocycles. The minimum atomic E-state index is -0.518. The predicted molar refractivity (Wildman–Crippen MR) is 100 cm³/mol. The van der Waals surface area contributed by atoms with E-state index in [0.717, 1.165) is 5.56 Å². The Bertz CT molecular complexity index is 1030. The Balaban J connectivity index is 2.21. The number of fused-ring (bicyclic) bond motifs is 1. The van der Waals surface area contributed by atoms with Crippen LogP contribution in [0.3, 0.4) is 0 Å². The zero-order valence-corrected chi connectivity index (χ0v) is 15.6. The van der Waals surface area contributed by atoms with Gasteiger partial charge in [0.1, 0.15) is 4.60 Å². The first-order valence-electron chi connectivity index (χ1n) is 7.66. The van der Waals surface area contributed by atoms with Crippen LogP contribution in [-0.4, -0.2) is 14.7 Å². The van der Waals surface area contributed by atoms with Crippen LogP contribution in [0.15, 0.2) is 51.9 Å². The van der Waals surface area contributed by atoms with Gasteiger partial charge >= 0.3 is 0 Å². The normalized spacial score (nSPS) is 11.7. The van der Waals surface area contributed by atoms with E-state index in [0.29, 0.717) is 15.7 Å². The molecule has 7 heteroatoms. The molecule has 1 aromatic heterocycles. The van der Waals surface area contributed by atoms with Crippen LogP contribution >= 0.6 is 15.9 Å². The van der Waals surface area contributed by atoms with Crippen LogP contribution in [-0.2, 0) is 5.41 Å². The first-order chi connectivity index (χ1) is 11.7. The zero-order valence-electron chi connectivity index (χ0n) is 14.0. The molecular weight excluding hydrogens is 386 g/mol. The highest BCUT2D eigenvalue weighted by Crippen LogP contribution is 2.25. The van der Waals surface area contributed by atoms with E-state index >= 15 is 0 Å². The van der Waals surface area contributed by atoms with Gasteiger partial charge in [0.25, 0.3) is 11.2 Å². The van der Waals surface area contributed by atoms with Gasteiger partial charge in [0.15, 0.2) is 0 Å². The van der Waals surface area contributed by atoms with Crippen molar-refractivity contribution >= 4 is 32.4 Å². The van der Waals surface area contributed by atoms with Gasteiger partial charge in [0.05, 0.1) is 16.0 Å². The number of benzene rings is 2. The molecule has 0 spiro atoms. The smallest absolute Gasteiger partial charge is 0.267 e. The van der Waals surface area contributed by atoms with E-state index in [2.05, 4.69) is 41.8 Å². The molecule has 0 atom stereocenters. The number of nitrogens with zero attached hydrogens (tertiary/aromatic N) is 3. The Morgan fingerprint density at radius 3 is 2.28 bits per heavy atom. The van der Waals surface area contributed by atoms with Gasteiger partial charge in [-0.25, -0.2) is 0 Å². The van der Waals surface area contributed by atoms with Crippen molar-refractivity contribution in [2.75, 3.05) is 0 Å². The second-order valence-corrected chi connectivity index (χ2v) is 7.54. The molecule has 0 unspecified atom stereocenters. The van der Waals surface area contributed by atoms with Gasteiger partial charge in [-0.1, -0.05) is 32.9 Å². The van der Waals surface area contributed by atoms with Crippen molar-refractivity contribution < 1.29 is 4.92 Å².